The van der Waals surface area contributed by atoms with E-state index in [-0.39, 0.29) is 16.8 Å². The molecule has 0 spiro atoms. The molecule has 1 N–H and O–H groups in total. The molecule has 3 atom stereocenters. The second kappa shape index (κ2) is 9.24. The molecule has 0 radical (unpaired) electrons. The zero-order valence-electron chi connectivity index (χ0n) is 16.6. The number of carbonyl (C=O) groups excluding carboxylic acids is 1. The SMILES string of the molecule is C[C@@H](Oc1ccc(S(=O)(=O)N2CCOCC2)cc1)C(=O)N[C@@H]1CCCC[C@@H]1C. The molecular formula is C20H30N2O5S. The zero-order valence-corrected chi connectivity index (χ0v) is 17.4. The Bertz CT molecular complexity index is 759. The van der Waals surface area contributed by atoms with Gasteiger partial charge >= 0.3 is 0 Å². The van der Waals surface area contributed by atoms with Gasteiger partial charge in [0, 0.05) is 19.1 Å². The number of nitrogens with one attached hydrogen (secondary N) is 1. The lowest BCUT2D eigenvalue weighted by Gasteiger charge is -2.30. The molecule has 7 nitrogen and oxygen atoms in total. The van der Waals surface area contributed by atoms with E-state index >= 15 is 0 Å². The minimum absolute atomic E-state index is 0.135. The monoisotopic (exact) mass is 410 g/mol. The highest BCUT2D eigenvalue weighted by Gasteiger charge is 2.27. The predicted molar refractivity (Wildman–Crippen MR) is 106 cm³/mol. The number of hydrogen-bond acceptors (Lipinski definition) is 5. The lowest BCUT2D eigenvalue weighted by Crippen LogP contribution is -2.46. The van der Waals surface area contributed by atoms with Crippen molar-refractivity contribution in [3.63, 3.8) is 0 Å². The van der Waals surface area contributed by atoms with Crippen LogP contribution < -0.4 is 10.1 Å². The van der Waals surface area contributed by atoms with Crippen molar-refractivity contribution >= 4 is 15.9 Å². The molecule has 1 saturated carbocycles. The van der Waals surface area contributed by atoms with E-state index in [1.807, 2.05) is 0 Å². The predicted octanol–water partition coefficient (Wildman–Crippen LogP) is 2.17. The third kappa shape index (κ3) is 5.04. The van der Waals surface area contributed by atoms with E-state index in [1.165, 1.54) is 22.9 Å². The summed E-state index contributed by atoms with van der Waals surface area (Å²) in [5.74, 6) is 0.818. The standard InChI is InChI=1S/C20H30N2O5S/c1-15-5-3-4-6-19(15)21-20(23)16(2)27-17-7-9-18(10-8-17)28(24,25)22-11-13-26-14-12-22/h7-10,15-16,19H,3-6,11-14H2,1-2H3,(H,21,23)/t15-,16+,19+/m0/s1. The number of sulfonamides is 1. The summed E-state index contributed by atoms with van der Waals surface area (Å²) in [6.45, 7) is 5.42. The number of rotatable bonds is 6. The Morgan fingerprint density at radius 2 is 1.82 bits per heavy atom. The first-order valence-corrected chi connectivity index (χ1v) is 11.5. The Morgan fingerprint density at radius 3 is 2.46 bits per heavy atom. The van der Waals surface area contributed by atoms with Crippen LogP contribution in [-0.4, -0.2) is 57.1 Å². The van der Waals surface area contributed by atoms with Crippen LogP contribution >= 0.6 is 0 Å². The second-order valence-electron chi connectivity index (χ2n) is 7.62. The molecule has 2 fully saturated rings. The number of amides is 1. The van der Waals surface area contributed by atoms with Gasteiger partial charge in [0.25, 0.3) is 5.91 Å². The third-order valence-corrected chi connectivity index (χ3v) is 7.47. The number of morpholine rings is 1. The number of nitrogens with zero attached hydrogens (tertiary/aromatic N) is 1. The van der Waals surface area contributed by atoms with Crippen molar-refractivity contribution in [2.24, 2.45) is 5.92 Å². The van der Waals surface area contributed by atoms with Crippen LogP contribution in [0.2, 0.25) is 0 Å². The first-order chi connectivity index (χ1) is 13.4. The van der Waals surface area contributed by atoms with Crippen LogP contribution in [0.3, 0.4) is 0 Å². The summed E-state index contributed by atoms with van der Waals surface area (Å²) >= 11 is 0. The zero-order chi connectivity index (χ0) is 20.1. The van der Waals surface area contributed by atoms with Crippen LogP contribution in [-0.2, 0) is 19.6 Å². The van der Waals surface area contributed by atoms with E-state index in [4.69, 9.17) is 9.47 Å². The highest BCUT2D eigenvalue weighted by Crippen LogP contribution is 2.24. The maximum absolute atomic E-state index is 12.6. The largest absolute Gasteiger partial charge is 0.481 e. The molecule has 156 valence electrons. The molecule has 8 heteroatoms. The molecule has 0 unspecified atom stereocenters. The Hall–Kier alpha value is -1.64. The smallest absolute Gasteiger partial charge is 0.261 e. The average molecular weight is 411 g/mol. The van der Waals surface area contributed by atoms with Gasteiger partial charge in [-0.25, -0.2) is 8.42 Å². The van der Waals surface area contributed by atoms with Crippen molar-refractivity contribution in [1.82, 2.24) is 9.62 Å². The summed E-state index contributed by atoms with van der Waals surface area (Å²) in [6.07, 6.45) is 3.87. The molecule has 3 rings (SSSR count). The maximum Gasteiger partial charge on any atom is 0.261 e. The van der Waals surface area contributed by atoms with Gasteiger partial charge in [-0.05, 0) is 49.9 Å². The van der Waals surface area contributed by atoms with Crippen LogP contribution in [0, 0.1) is 5.92 Å². The van der Waals surface area contributed by atoms with E-state index in [9.17, 15) is 13.2 Å². The van der Waals surface area contributed by atoms with Gasteiger partial charge in [-0.1, -0.05) is 19.8 Å². The minimum atomic E-state index is -3.53. The molecule has 1 aromatic rings. The molecule has 1 amide bonds. The molecule has 1 aliphatic carbocycles. The fourth-order valence-electron chi connectivity index (χ4n) is 3.71. The van der Waals surface area contributed by atoms with Gasteiger partial charge in [0.05, 0.1) is 18.1 Å². The molecule has 0 aromatic heterocycles. The van der Waals surface area contributed by atoms with E-state index in [1.54, 1.807) is 19.1 Å². The maximum atomic E-state index is 12.6. The molecule has 2 aliphatic rings. The normalized spacial score (nSPS) is 25.1. The van der Waals surface area contributed by atoms with Gasteiger partial charge in [0.1, 0.15) is 5.75 Å². The average Bonchev–Trinajstić information content (AvgIpc) is 2.70. The van der Waals surface area contributed by atoms with Crippen molar-refractivity contribution in [2.45, 2.75) is 56.6 Å². The van der Waals surface area contributed by atoms with E-state index in [2.05, 4.69) is 12.2 Å². The van der Waals surface area contributed by atoms with Crippen molar-refractivity contribution in [2.75, 3.05) is 26.3 Å². The first kappa shape index (κ1) is 21.1. The molecule has 0 bridgehead atoms. The van der Waals surface area contributed by atoms with Crippen LogP contribution in [0.1, 0.15) is 39.5 Å². The Balaban J connectivity index is 1.58. The number of benzene rings is 1. The number of hydrogen-bond donors (Lipinski definition) is 1. The van der Waals surface area contributed by atoms with Gasteiger partial charge < -0.3 is 14.8 Å². The van der Waals surface area contributed by atoms with Crippen LogP contribution in [0.25, 0.3) is 0 Å². The molecule has 1 heterocycles. The Kier molecular flexibility index (Phi) is 6.95. The summed E-state index contributed by atoms with van der Waals surface area (Å²) in [4.78, 5) is 12.7. The van der Waals surface area contributed by atoms with Crippen molar-refractivity contribution in [3.8, 4) is 5.75 Å². The van der Waals surface area contributed by atoms with Gasteiger partial charge in [0.15, 0.2) is 6.10 Å². The number of carbonyl (C=O) groups is 1. The van der Waals surface area contributed by atoms with E-state index < -0.39 is 16.1 Å². The summed E-state index contributed by atoms with van der Waals surface area (Å²) in [7, 11) is -3.53. The molecule has 1 aromatic carbocycles. The Morgan fingerprint density at radius 1 is 1.18 bits per heavy atom. The van der Waals surface area contributed by atoms with Gasteiger partial charge in [-0.2, -0.15) is 4.31 Å². The van der Waals surface area contributed by atoms with E-state index in [0.29, 0.717) is 38.0 Å². The third-order valence-electron chi connectivity index (χ3n) is 5.55. The Labute approximate surface area is 167 Å². The quantitative estimate of drug-likeness (QED) is 0.777. The molecule has 1 aliphatic heterocycles. The van der Waals surface area contributed by atoms with Gasteiger partial charge in [-0.3, -0.25) is 4.79 Å². The fraction of sp³-hybridized carbons (Fsp3) is 0.650. The summed E-state index contributed by atoms with van der Waals surface area (Å²) < 4.78 is 37.7. The van der Waals surface area contributed by atoms with Crippen LogP contribution in [0.15, 0.2) is 29.2 Å². The second-order valence-corrected chi connectivity index (χ2v) is 9.56. The van der Waals surface area contributed by atoms with Gasteiger partial charge in [-0.15, -0.1) is 0 Å². The lowest BCUT2D eigenvalue weighted by molar-refractivity contribution is -0.128. The summed E-state index contributed by atoms with van der Waals surface area (Å²) in [6, 6.07) is 6.44. The summed E-state index contributed by atoms with van der Waals surface area (Å²) in [5, 5.41) is 3.09. The van der Waals surface area contributed by atoms with Crippen molar-refractivity contribution in [1.29, 1.82) is 0 Å². The van der Waals surface area contributed by atoms with E-state index in [0.717, 1.165) is 19.3 Å². The highest BCUT2D eigenvalue weighted by molar-refractivity contribution is 7.89. The van der Waals surface area contributed by atoms with Crippen LogP contribution in [0.5, 0.6) is 5.75 Å². The topological polar surface area (TPSA) is 84.9 Å². The molecular weight excluding hydrogens is 380 g/mol. The minimum Gasteiger partial charge on any atom is -0.481 e. The molecule has 28 heavy (non-hydrogen) atoms. The highest BCUT2D eigenvalue weighted by atomic mass is 32.2. The number of ether oxygens (including phenoxy) is 2. The summed E-state index contributed by atoms with van der Waals surface area (Å²) in [5.41, 5.74) is 0. The van der Waals surface area contributed by atoms with Crippen LogP contribution in [0.4, 0.5) is 0 Å². The first-order valence-electron chi connectivity index (χ1n) is 10.0. The lowest BCUT2D eigenvalue weighted by atomic mass is 9.86. The van der Waals surface area contributed by atoms with Gasteiger partial charge in [0.2, 0.25) is 10.0 Å². The van der Waals surface area contributed by atoms with Crippen molar-refractivity contribution in [3.05, 3.63) is 24.3 Å². The molecule has 1 saturated heterocycles. The van der Waals surface area contributed by atoms with Crippen molar-refractivity contribution < 1.29 is 22.7 Å². The fourth-order valence-corrected chi connectivity index (χ4v) is 5.12.